The number of nitrogens with zero attached hydrogens (tertiary/aromatic N) is 3. The zero-order chi connectivity index (χ0) is 18.7. The molecular weight excluding hydrogens is 352 g/mol. The van der Waals surface area contributed by atoms with Gasteiger partial charge in [-0.3, -0.25) is 4.79 Å². The molecule has 0 aromatic heterocycles. The van der Waals surface area contributed by atoms with E-state index in [1.807, 2.05) is 32.0 Å². The summed E-state index contributed by atoms with van der Waals surface area (Å²) in [7, 11) is -3.57. The summed E-state index contributed by atoms with van der Waals surface area (Å²) < 4.78 is 26.8. The molecule has 1 N–H and O–H groups in total. The van der Waals surface area contributed by atoms with Crippen molar-refractivity contribution >= 4 is 21.6 Å². The molecule has 2 aliphatic rings. The molecule has 7 nitrogen and oxygen atoms in total. The fraction of sp³-hybridized carbons (Fsp3) is 0.611. The van der Waals surface area contributed by atoms with Crippen molar-refractivity contribution in [3.05, 3.63) is 29.8 Å². The van der Waals surface area contributed by atoms with E-state index in [1.54, 1.807) is 4.90 Å². The van der Waals surface area contributed by atoms with Gasteiger partial charge in [0.05, 0.1) is 0 Å². The SMILES string of the molecule is Cc1cccc(N2CCN(S(=O)(=O)CC(=O)N3CCN[C@@H](C)C3)CC2)c1. The van der Waals surface area contributed by atoms with Crippen LogP contribution >= 0.6 is 0 Å². The molecule has 144 valence electrons. The summed E-state index contributed by atoms with van der Waals surface area (Å²) in [4.78, 5) is 16.3. The number of anilines is 1. The number of rotatable bonds is 4. The monoisotopic (exact) mass is 380 g/mol. The maximum atomic E-state index is 12.7. The van der Waals surface area contributed by atoms with Crippen molar-refractivity contribution in [3.63, 3.8) is 0 Å². The van der Waals surface area contributed by atoms with E-state index >= 15 is 0 Å². The topological polar surface area (TPSA) is 73.0 Å². The summed E-state index contributed by atoms with van der Waals surface area (Å²) in [5.74, 6) is -0.719. The number of hydrogen-bond donors (Lipinski definition) is 1. The Morgan fingerprint density at radius 3 is 2.58 bits per heavy atom. The van der Waals surface area contributed by atoms with Gasteiger partial charge in [-0.05, 0) is 31.5 Å². The number of amides is 1. The smallest absolute Gasteiger partial charge is 0.239 e. The standard InChI is InChI=1S/C18H28N4O3S/c1-15-4-3-5-17(12-15)20-8-10-22(11-9-20)26(24,25)14-18(23)21-7-6-19-16(2)13-21/h3-5,12,16,19H,6-11,13-14H2,1-2H3/t16-/m0/s1. The Bertz CT molecular complexity index is 745. The number of nitrogens with one attached hydrogen (secondary N) is 1. The summed E-state index contributed by atoms with van der Waals surface area (Å²) in [6.07, 6.45) is 0. The predicted octanol–water partition coefficient (Wildman–Crippen LogP) is 0.267. The van der Waals surface area contributed by atoms with Crippen LogP contribution in [0.3, 0.4) is 0 Å². The molecule has 2 saturated heterocycles. The fourth-order valence-electron chi connectivity index (χ4n) is 3.55. The quantitative estimate of drug-likeness (QED) is 0.812. The molecule has 0 bridgehead atoms. The third-order valence-electron chi connectivity index (χ3n) is 5.03. The first-order chi connectivity index (χ1) is 12.3. The van der Waals surface area contributed by atoms with Crippen molar-refractivity contribution < 1.29 is 13.2 Å². The number of hydrogen-bond acceptors (Lipinski definition) is 5. The number of piperazine rings is 2. The van der Waals surface area contributed by atoms with Crippen molar-refractivity contribution in [2.45, 2.75) is 19.9 Å². The van der Waals surface area contributed by atoms with Crippen molar-refractivity contribution in [2.24, 2.45) is 0 Å². The molecule has 2 fully saturated rings. The maximum Gasteiger partial charge on any atom is 0.239 e. The van der Waals surface area contributed by atoms with Crippen LogP contribution < -0.4 is 10.2 Å². The molecule has 2 aliphatic heterocycles. The second-order valence-corrected chi connectivity index (χ2v) is 9.15. The van der Waals surface area contributed by atoms with Crippen molar-refractivity contribution in [1.82, 2.24) is 14.5 Å². The molecule has 8 heteroatoms. The van der Waals surface area contributed by atoms with Gasteiger partial charge in [0.2, 0.25) is 15.9 Å². The van der Waals surface area contributed by atoms with Gasteiger partial charge in [0.1, 0.15) is 5.75 Å². The van der Waals surface area contributed by atoms with E-state index in [-0.39, 0.29) is 11.9 Å². The molecule has 0 unspecified atom stereocenters. The first-order valence-corrected chi connectivity index (χ1v) is 10.8. The number of carbonyl (C=O) groups is 1. The average molecular weight is 381 g/mol. The van der Waals surface area contributed by atoms with E-state index in [9.17, 15) is 13.2 Å². The molecule has 0 radical (unpaired) electrons. The third kappa shape index (κ3) is 4.55. The highest BCUT2D eigenvalue weighted by atomic mass is 32.2. The van der Waals surface area contributed by atoms with E-state index in [0.29, 0.717) is 45.8 Å². The molecular formula is C18H28N4O3S. The van der Waals surface area contributed by atoms with E-state index in [4.69, 9.17) is 0 Å². The highest BCUT2D eigenvalue weighted by molar-refractivity contribution is 7.89. The molecule has 0 aliphatic carbocycles. The normalized spacial score (nSPS) is 22.5. The largest absolute Gasteiger partial charge is 0.369 e. The van der Waals surface area contributed by atoms with Gasteiger partial charge in [-0.1, -0.05) is 12.1 Å². The van der Waals surface area contributed by atoms with Crippen LogP contribution in [0.5, 0.6) is 0 Å². The zero-order valence-corrected chi connectivity index (χ0v) is 16.3. The van der Waals surface area contributed by atoms with Gasteiger partial charge in [-0.15, -0.1) is 0 Å². The van der Waals surface area contributed by atoms with Crippen molar-refractivity contribution in [2.75, 3.05) is 56.5 Å². The summed E-state index contributed by atoms with van der Waals surface area (Å²) in [5.41, 5.74) is 2.31. The minimum Gasteiger partial charge on any atom is -0.369 e. The Kier molecular flexibility index (Phi) is 5.84. The molecule has 26 heavy (non-hydrogen) atoms. The van der Waals surface area contributed by atoms with Gasteiger partial charge in [-0.2, -0.15) is 4.31 Å². The van der Waals surface area contributed by atoms with Crippen LogP contribution in [-0.2, 0) is 14.8 Å². The van der Waals surface area contributed by atoms with Crippen LogP contribution in [0.2, 0.25) is 0 Å². The second kappa shape index (κ2) is 7.94. The molecule has 3 rings (SSSR count). The Morgan fingerprint density at radius 1 is 1.19 bits per heavy atom. The Morgan fingerprint density at radius 2 is 1.92 bits per heavy atom. The van der Waals surface area contributed by atoms with Crippen molar-refractivity contribution in [3.8, 4) is 0 Å². The van der Waals surface area contributed by atoms with Gasteiger partial charge in [-0.25, -0.2) is 8.42 Å². The lowest BCUT2D eigenvalue weighted by atomic mass is 10.2. The van der Waals surface area contributed by atoms with Gasteiger partial charge in [0.15, 0.2) is 0 Å². The first-order valence-electron chi connectivity index (χ1n) is 9.16. The van der Waals surface area contributed by atoms with E-state index in [1.165, 1.54) is 9.87 Å². The van der Waals surface area contributed by atoms with Crippen LogP contribution in [0.4, 0.5) is 5.69 Å². The van der Waals surface area contributed by atoms with Gasteiger partial charge in [0.25, 0.3) is 0 Å². The van der Waals surface area contributed by atoms with Gasteiger partial charge < -0.3 is 15.1 Å². The molecule has 2 heterocycles. The zero-order valence-electron chi connectivity index (χ0n) is 15.5. The van der Waals surface area contributed by atoms with Crippen molar-refractivity contribution in [1.29, 1.82) is 0 Å². The van der Waals surface area contributed by atoms with Gasteiger partial charge >= 0.3 is 0 Å². The lowest BCUT2D eigenvalue weighted by Gasteiger charge is -2.36. The Labute approximate surface area is 156 Å². The van der Waals surface area contributed by atoms with Gasteiger partial charge in [0, 0.05) is 57.5 Å². The first kappa shape index (κ1) is 19.1. The molecule has 1 atom stereocenters. The number of carbonyl (C=O) groups excluding carboxylic acids is 1. The van der Waals surface area contributed by atoms with Crippen LogP contribution in [0, 0.1) is 6.92 Å². The lowest BCUT2D eigenvalue weighted by molar-refractivity contribution is -0.129. The second-order valence-electron chi connectivity index (χ2n) is 7.18. The van der Waals surface area contributed by atoms with E-state index in [2.05, 4.69) is 16.3 Å². The summed E-state index contributed by atoms with van der Waals surface area (Å²) in [5, 5.41) is 3.26. The maximum absolute atomic E-state index is 12.7. The summed E-state index contributed by atoms with van der Waals surface area (Å²) >= 11 is 0. The number of benzene rings is 1. The number of aryl methyl sites for hydroxylation is 1. The molecule has 1 amide bonds. The minimum absolute atomic E-state index is 0.202. The molecule has 1 aromatic rings. The third-order valence-corrected chi connectivity index (χ3v) is 6.79. The number of sulfonamides is 1. The molecule has 0 spiro atoms. The summed E-state index contributed by atoms with van der Waals surface area (Å²) in [6, 6.07) is 8.42. The van der Waals surface area contributed by atoms with E-state index < -0.39 is 15.8 Å². The molecule has 0 saturated carbocycles. The van der Waals surface area contributed by atoms with Crippen LogP contribution in [0.15, 0.2) is 24.3 Å². The lowest BCUT2D eigenvalue weighted by Crippen LogP contribution is -2.54. The van der Waals surface area contributed by atoms with Crippen LogP contribution in [-0.4, -0.2) is 81.1 Å². The minimum atomic E-state index is -3.57. The summed E-state index contributed by atoms with van der Waals surface area (Å²) in [6.45, 7) is 8.01. The fourth-order valence-corrected chi connectivity index (χ4v) is 4.94. The van der Waals surface area contributed by atoms with Crippen LogP contribution in [0.1, 0.15) is 12.5 Å². The molecule has 1 aromatic carbocycles. The Hall–Kier alpha value is -1.64. The highest BCUT2D eigenvalue weighted by Crippen LogP contribution is 2.19. The highest BCUT2D eigenvalue weighted by Gasteiger charge is 2.31. The average Bonchev–Trinajstić information content (AvgIpc) is 2.61. The predicted molar refractivity (Wildman–Crippen MR) is 103 cm³/mol. The van der Waals surface area contributed by atoms with E-state index in [0.717, 1.165) is 5.69 Å². The Balaban J connectivity index is 1.56. The van der Waals surface area contributed by atoms with Crippen LogP contribution in [0.25, 0.3) is 0 Å².